The van der Waals surface area contributed by atoms with Crippen LogP contribution in [0, 0.1) is 5.41 Å². The van der Waals surface area contributed by atoms with E-state index in [9.17, 15) is 4.79 Å². The maximum absolute atomic E-state index is 11.1. The molecule has 0 aromatic carbocycles. The zero-order valence-electron chi connectivity index (χ0n) is 10.5. The van der Waals surface area contributed by atoms with E-state index in [0.29, 0.717) is 17.3 Å². The quantitative estimate of drug-likeness (QED) is 0.742. The highest BCUT2D eigenvalue weighted by atomic mass is 16.7. The molecule has 1 unspecified atom stereocenters. The summed E-state index contributed by atoms with van der Waals surface area (Å²) in [6, 6.07) is 0. The number of hydrogen-bond donors (Lipinski definition) is 0. The van der Waals surface area contributed by atoms with Crippen LogP contribution in [-0.2, 0) is 14.3 Å². The molecular formula is C14H22O3. The molecule has 3 aliphatic rings. The molecule has 3 nitrogen and oxygen atoms in total. The summed E-state index contributed by atoms with van der Waals surface area (Å²) < 4.78 is 11.6. The van der Waals surface area contributed by atoms with Crippen LogP contribution in [0.1, 0.15) is 57.8 Å². The molecule has 1 atom stereocenters. The van der Waals surface area contributed by atoms with E-state index in [4.69, 9.17) is 9.47 Å². The van der Waals surface area contributed by atoms with Gasteiger partial charge in [-0.25, -0.2) is 0 Å². The standard InChI is InChI=1S/C14H22O3/c15-11-9-14(10-11)6-4-12(5-7-14)17-13-3-1-2-8-16-13/h12-13H,1-10H2. The van der Waals surface area contributed by atoms with E-state index in [1.165, 1.54) is 25.7 Å². The Morgan fingerprint density at radius 1 is 1.12 bits per heavy atom. The summed E-state index contributed by atoms with van der Waals surface area (Å²) in [6.45, 7) is 0.857. The Kier molecular flexibility index (Phi) is 3.22. The largest absolute Gasteiger partial charge is 0.353 e. The number of hydrogen-bond acceptors (Lipinski definition) is 3. The van der Waals surface area contributed by atoms with Gasteiger partial charge in [0.05, 0.1) is 6.10 Å². The minimum atomic E-state index is 0.0471. The Hall–Kier alpha value is -0.410. The SMILES string of the molecule is O=C1CC2(CCC(OC3CCCCO3)CC2)C1. The lowest BCUT2D eigenvalue weighted by atomic mass is 9.60. The average Bonchev–Trinajstić information content (AvgIpc) is 2.32. The predicted octanol–water partition coefficient (Wildman–Crippen LogP) is 2.82. The maximum atomic E-state index is 11.1. The van der Waals surface area contributed by atoms with Crippen LogP contribution in [0.15, 0.2) is 0 Å². The van der Waals surface area contributed by atoms with Gasteiger partial charge < -0.3 is 9.47 Å². The van der Waals surface area contributed by atoms with E-state index in [-0.39, 0.29) is 6.29 Å². The summed E-state index contributed by atoms with van der Waals surface area (Å²) in [5.74, 6) is 0.458. The van der Waals surface area contributed by atoms with E-state index in [1.807, 2.05) is 0 Å². The average molecular weight is 238 g/mol. The van der Waals surface area contributed by atoms with Crippen molar-refractivity contribution in [2.24, 2.45) is 5.41 Å². The Morgan fingerprint density at radius 2 is 1.88 bits per heavy atom. The zero-order chi connectivity index (χ0) is 11.7. The van der Waals surface area contributed by atoms with Crippen molar-refractivity contribution >= 4 is 5.78 Å². The van der Waals surface area contributed by atoms with Crippen molar-refractivity contribution < 1.29 is 14.3 Å². The first kappa shape index (κ1) is 11.7. The van der Waals surface area contributed by atoms with Crippen molar-refractivity contribution in [2.45, 2.75) is 70.2 Å². The van der Waals surface area contributed by atoms with Crippen molar-refractivity contribution in [3.63, 3.8) is 0 Å². The van der Waals surface area contributed by atoms with Crippen LogP contribution in [0.2, 0.25) is 0 Å². The summed E-state index contributed by atoms with van der Waals surface area (Å²) in [6.07, 6.45) is 10.1. The Morgan fingerprint density at radius 3 is 2.47 bits per heavy atom. The number of Topliss-reactive ketones (excluding diaryl/α,β-unsaturated/α-hetero) is 1. The van der Waals surface area contributed by atoms with E-state index in [2.05, 4.69) is 0 Å². The molecule has 3 heteroatoms. The molecular weight excluding hydrogens is 216 g/mol. The van der Waals surface area contributed by atoms with Crippen LogP contribution in [0.3, 0.4) is 0 Å². The van der Waals surface area contributed by atoms with E-state index in [1.54, 1.807) is 0 Å². The van der Waals surface area contributed by atoms with E-state index in [0.717, 1.165) is 38.7 Å². The summed E-state index contributed by atoms with van der Waals surface area (Å²) in [7, 11) is 0. The van der Waals surface area contributed by atoms with Gasteiger partial charge in [0, 0.05) is 19.4 Å². The molecule has 1 saturated heterocycles. The highest BCUT2D eigenvalue weighted by molar-refractivity contribution is 5.86. The highest BCUT2D eigenvalue weighted by Gasteiger charge is 2.45. The van der Waals surface area contributed by atoms with Gasteiger partial charge in [-0.05, 0) is 50.4 Å². The Bertz CT molecular complexity index is 276. The molecule has 96 valence electrons. The lowest BCUT2D eigenvalue weighted by molar-refractivity contribution is -0.199. The summed E-state index contributed by atoms with van der Waals surface area (Å²) in [5.41, 5.74) is 0.379. The van der Waals surface area contributed by atoms with Gasteiger partial charge in [0.25, 0.3) is 0 Å². The van der Waals surface area contributed by atoms with Crippen LogP contribution < -0.4 is 0 Å². The smallest absolute Gasteiger partial charge is 0.157 e. The van der Waals surface area contributed by atoms with Crippen molar-refractivity contribution in [1.29, 1.82) is 0 Å². The van der Waals surface area contributed by atoms with Crippen LogP contribution in [-0.4, -0.2) is 24.8 Å². The molecule has 0 aromatic heterocycles. The van der Waals surface area contributed by atoms with Gasteiger partial charge in [0.1, 0.15) is 5.78 Å². The molecule has 0 amide bonds. The molecule has 2 saturated carbocycles. The Balaban J connectivity index is 1.43. The second kappa shape index (κ2) is 4.69. The summed E-state index contributed by atoms with van der Waals surface area (Å²) in [4.78, 5) is 11.1. The third-order valence-electron chi connectivity index (χ3n) is 4.62. The minimum Gasteiger partial charge on any atom is -0.353 e. The van der Waals surface area contributed by atoms with Crippen LogP contribution in [0.4, 0.5) is 0 Å². The third-order valence-corrected chi connectivity index (χ3v) is 4.62. The van der Waals surface area contributed by atoms with Crippen molar-refractivity contribution in [3.8, 4) is 0 Å². The van der Waals surface area contributed by atoms with Gasteiger partial charge in [-0.3, -0.25) is 4.79 Å². The van der Waals surface area contributed by atoms with Gasteiger partial charge in [-0.1, -0.05) is 0 Å². The first-order valence-corrected chi connectivity index (χ1v) is 7.05. The van der Waals surface area contributed by atoms with Gasteiger partial charge in [0.15, 0.2) is 6.29 Å². The molecule has 1 aliphatic heterocycles. The lowest BCUT2D eigenvalue weighted by Gasteiger charge is -2.46. The molecule has 1 heterocycles. The second-order valence-electron chi connectivity index (χ2n) is 6.02. The summed E-state index contributed by atoms with van der Waals surface area (Å²) in [5, 5.41) is 0. The first-order chi connectivity index (χ1) is 8.26. The van der Waals surface area contributed by atoms with Crippen LogP contribution in [0.25, 0.3) is 0 Å². The fraction of sp³-hybridized carbons (Fsp3) is 0.929. The van der Waals surface area contributed by atoms with Crippen molar-refractivity contribution in [1.82, 2.24) is 0 Å². The fourth-order valence-electron chi connectivity index (χ4n) is 3.51. The maximum Gasteiger partial charge on any atom is 0.157 e. The molecule has 3 rings (SSSR count). The van der Waals surface area contributed by atoms with Gasteiger partial charge in [-0.15, -0.1) is 0 Å². The monoisotopic (exact) mass is 238 g/mol. The number of carbonyl (C=O) groups is 1. The molecule has 0 bridgehead atoms. The van der Waals surface area contributed by atoms with Crippen LogP contribution in [0.5, 0.6) is 0 Å². The normalized spacial score (nSPS) is 33.6. The molecule has 2 aliphatic carbocycles. The first-order valence-electron chi connectivity index (χ1n) is 7.05. The molecule has 3 fully saturated rings. The zero-order valence-corrected chi connectivity index (χ0v) is 10.5. The van der Waals surface area contributed by atoms with Gasteiger partial charge in [-0.2, -0.15) is 0 Å². The number of ketones is 1. The van der Waals surface area contributed by atoms with Crippen molar-refractivity contribution in [3.05, 3.63) is 0 Å². The molecule has 0 N–H and O–H groups in total. The lowest BCUT2D eigenvalue weighted by Crippen LogP contribution is -2.42. The third kappa shape index (κ3) is 2.55. The van der Waals surface area contributed by atoms with E-state index < -0.39 is 0 Å². The topological polar surface area (TPSA) is 35.5 Å². The highest BCUT2D eigenvalue weighted by Crippen LogP contribution is 2.50. The molecule has 17 heavy (non-hydrogen) atoms. The number of rotatable bonds is 2. The Labute approximate surface area is 103 Å². The minimum absolute atomic E-state index is 0.0471. The number of carbonyl (C=O) groups excluding carboxylic acids is 1. The van der Waals surface area contributed by atoms with Gasteiger partial charge in [0.2, 0.25) is 0 Å². The molecule has 0 aromatic rings. The second-order valence-corrected chi connectivity index (χ2v) is 6.02. The number of ether oxygens (including phenoxy) is 2. The fourth-order valence-corrected chi connectivity index (χ4v) is 3.51. The van der Waals surface area contributed by atoms with Crippen molar-refractivity contribution in [2.75, 3.05) is 6.61 Å². The predicted molar refractivity (Wildman–Crippen MR) is 63.6 cm³/mol. The summed E-state index contributed by atoms with van der Waals surface area (Å²) >= 11 is 0. The molecule has 1 spiro atoms. The molecule has 0 radical (unpaired) electrons. The van der Waals surface area contributed by atoms with Crippen LogP contribution >= 0.6 is 0 Å². The van der Waals surface area contributed by atoms with E-state index >= 15 is 0 Å². The van der Waals surface area contributed by atoms with Gasteiger partial charge >= 0.3 is 0 Å².